The van der Waals surface area contributed by atoms with Crippen LogP contribution in [0.3, 0.4) is 0 Å². The monoisotopic (exact) mass is 224 g/mol. The van der Waals surface area contributed by atoms with Crippen molar-refractivity contribution in [3.05, 3.63) is 29.3 Å². The van der Waals surface area contributed by atoms with E-state index in [1.165, 1.54) is 24.0 Å². The van der Waals surface area contributed by atoms with Gasteiger partial charge in [0.1, 0.15) is 5.75 Å². The molecule has 1 rings (SSSR count). The summed E-state index contributed by atoms with van der Waals surface area (Å²) >= 11 is 0. The molecule has 1 nitrogen and oxygen atoms in total. The van der Waals surface area contributed by atoms with Crippen molar-refractivity contribution in [1.82, 2.24) is 0 Å². The van der Waals surface area contributed by atoms with Gasteiger partial charge in [0.25, 0.3) is 0 Å². The lowest BCUT2D eigenvalue weighted by atomic mass is 10.1. The highest BCUT2D eigenvalue weighted by Crippen LogP contribution is 2.20. The molecule has 0 aliphatic rings. The molecular weight excluding hydrogens is 200 g/mol. The third-order valence-electron chi connectivity index (χ3n) is 2.56. The molecule has 0 aromatic heterocycles. The fraction of sp³-hybridized carbons (Fsp3) is 0.538. The summed E-state index contributed by atoms with van der Waals surface area (Å²) in [6.07, 6.45) is 3.66. The first kappa shape index (κ1) is 14.2. The molecule has 0 heterocycles. The molecule has 0 fully saturated rings. The van der Waals surface area contributed by atoms with Crippen molar-refractivity contribution >= 4 is 11.0 Å². The van der Waals surface area contributed by atoms with E-state index in [4.69, 9.17) is 4.74 Å². The molecule has 0 unspecified atom stereocenters. The maximum absolute atomic E-state index is 5.72. The SMILES string of the molecule is CCCCCOc1cccc(C)c1C.[SiH4]. The zero-order valence-electron chi connectivity index (χ0n) is 9.47. The summed E-state index contributed by atoms with van der Waals surface area (Å²) in [6, 6.07) is 6.22. The van der Waals surface area contributed by atoms with Crippen molar-refractivity contribution in [2.24, 2.45) is 0 Å². The van der Waals surface area contributed by atoms with Crippen molar-refractivity contribution in [1.29, 1.82) is 0 Å². The van der Waals surface area contributed by atoms with Gasteiger partial charge in [-0.05, 0) is 48.4 Å². The number of ether oxygens (including phenoxy) is 1. The van der Waals surface area contributed by atoms with Gasteiger partial charge >= 0.3 is 0 Å². The Kier molecular flexibility index (Phi) is 7.14. The third-order valence-corrected chi connectivity index (χ3v) is 2.56. The van der Waals surface area contributed by atoms with Gasteiger partial charge in [0.05, 0.1) is 6.61 Å². The molecular formula is C13H24OSi. The summed E-state index contributed by atoms with van der Waals surface area (Å²) in [5, 5.41) is 0. The van der Waals surface area contributed by atoms with Crippen LogP contribution < -0.4 is 4.74 Å². The molecule has 0 bridgehead atoms. The van der Waals surface area contributed by atoms with Crippen molar-refractivity contribution in [3.63, 3.8) is 0 Å². The molecule has 15 heavy (non-hydrogen) atoms. The molecule has 86 valence electrons. The lowest BCUT2D eigenvalue weighted by Crippen LogP contribution is -1.99. The first-order valence-corrected chi connectivity index (χ1v) is 5.44. The van der Waals surface area contributed by atoms with E-state index in [0.717, 1.165) is 18.8 Å². The number of benzene rings is 1. The highest BCUT2D eigenvalue weighted by atomic mass is 28.1. The van der Waals surface area contributed by atoms with Crippen molar-refractivity contribution in [2.45, 2.75) is 40.0 Å². The van der Waals surface area contributed by atoms with E-state index < -0.39 is 0 Å². The fourth-order valence-corrected chi connectivity index (χ4v) is 1.41. The molecule has 0 aliphatic heterocycles. The van der Waals surface area contributed by atoms with Crippen LogP contribution in [0.4, 0.5) is 0 Å². The Labute approximate surface area is 97.9 Å². The summed E-state index contributed by atoms with van der Waals surface area (Å²) in [7, 11) is 0. The van der Waals surface area contributed by atoms with Crippen molar-refractivity contribution in [2.75, 3.05) is 6.61 Å². The molecule has 0 saturated carbocycles. The van der Waals surface area contributed by atoms with E-state index in [2.05, 4.69) is 32.9 Å². The van der Waals surface area contributed by atoms with Crippen LogP contribution in [0, 0.1) is 13.8 Å². The standard InChI is InChI=1S/C13H20O.H4Si/c1-4-5-6-10-14-13-9-7-8-11(2)12(13)3;/h7-9H,4-6,10H2,1-3H3;1H4. The Morgan fingerprint density at radius 1 is 1.13 bits per heavy atom. The molecule has 0 amide bonds. The molecule has 1 aromatic carbocycles. The summed E-state index contributed by atoms with van der Waals surface area (Å²) in [5.74, 6) is 1.04. The van der Waals surface area contributed by atoms with Gasteiger partial charge in [-0.1, -0.05) is 31.9 Å². The molecule has 0 N–H and O–H groups in total. The number of hydrogen-bond donors (Lipinski definition) is 0. The molecule has 0 spiro atoms. The lowest BCUT2D eigenvalue weighted by molar-refractivity contribution is 0.304. The maximum atomic E-state index is 5.72. The average Bonchev–Trinajstić information content (AvgIpc) is 2.19. The maximum Gasteiger partial charge on any atom is 0.122 e. The van der Waals surface area contributed by atoms with Gasteiger partial charge in [-0.15, -0.1) is 0 Å². The van der Waals surface area contributed by atoms with Gasteiger partial charge in [0.2, 0.25) is 0 Å². The predicted octanol–water partition coefficient (Wildman–Crippen LogP) is 2.42. The first-order chi connectivity index (χ1) is 6.75. The topological polar surface area (TPSA) is 9.23 Å². The van der Waals surface area contributed by atoms with Crippen LogP contribution in [0.2, 0.25) is 0 Å². The Morgan fingerprint density at radius 3 is 2.53 bits per heavy atom. The van der Waals surface area contributed by atoms with Gasteiger partial charge in [-0.2, -0.15) is 0 Å². The van der Waals surface area contributed by atoms with Crippen LogP contribution >= 0.6 is 0 Å². The van der Waals surface area contributed by atoms with Gasteiger partial charge in [0.15, 0.2) is 0 Å². The van der Waals surface area contributed by atoms with E-state index in [0.29, 0.717) is 0 Å². The van der Waals surface area contributed by atoms with Gasteiger partial charge in [-0.25, -0.2) is 0 Å². The van der Waals surface area contributed by atoms with E-state index in [1.54, 1.807) is 0 Å². The largest absolute Gasteiger partial charge is 0.493 e. The van der Waals surface area contributed by atoms with Crippen LogP contribution in [0.25, 0.3) is 0 Å². The molecule has 0 radical (unpaired) electrons. The molecule has 0 atom stereocenters. The van der Waals surface area contributed by atoms with Crippen LogP contribution in [-0.2, 0) is 0 Å². The quantitative estimate of drug-likeness (QED) is 0.551. The first-order valence-electron chi connectivity index (χ1n) is 5.44. The second-order valence-corrected chi connectivity index (χ2v) is 3.75. The highest BCUT2D eigenvalue weighted by Gasteiger charge is 2.00. The van der Waals surface area contributed by atoms with Gasteiger partial charge < -0.3 is 4.74 Å². The summed E-state index contributed by atoms with van der Waals surface area (Å²) < 4.78 is 5.72. The normalized spacial score (nSPS) is 9.53. The van der Waals surface area contributed by atoms with Crippen LogP contribution in [0.1, 0.15) is 37.3 Å². The van der Waals surface area contributed by atoms with Crippen LogP contribution in [-0.4, -0.2) is 17.6 Å². The summed E-state index contributed by atoms with van der Waals surface area (Å²) in [4.78, 5) is 0. The highest BCUT2D eigenvalue weighted by molar-refractivity contribution is 5.75. The molecule has 0 saturated heterocycles. The number of unbranched alkanes of at least 4 members (excludes halogenated alkanes) is 2. The average molecular weight is 224 g/mol. The van der Waals surface area contributed by atoms with E-state index in [9.17, 15) is 0 Å². The van der Waals surface area contributed by atoms with E-state index in [1.807, 2.05) is 6.07 Å². The third kappa shape index (κ3) is 4.52. The minimum absolute atomic E-state index is 0. The second kappa shape index (κ2) is 7.52. The van der Waals surface area contributed by atoms with Crippen LogP contribution in [0.15, 0.2) is 18.2 Å². The fourth-order valence-electron chi connectivity index (χ4n) is 1.41. The Bertz CT molecular complexity index is 284. The number of rotatable bonds is 5. The smallest absolute Gasteiger partial charge is 0.122 e. The zero-order valence-corrected chi connectivity index (χ0v) is 9.47. The van der Waals surface area contributed by atoms with Crippen molar-refractivity contribution in [3.8, 4) is 5.75 Å². The molecule has 2 heteroatoms. The van der Waals surface area contributed by atoms with Gasteiger partial charge in [-0.3, -0.25) is 0 Å². The number of hydrogen-bond acceptors (Lipinski definition) is 1. The summed E-state index contributed by atoms with van der Waals surface area (Å²) in [6.45, 7) is 7.29. The minimum atomic E-state index is 0. The second-order valence-electron chi connectivity index (χ2n) is 3.75. The Hall–Kier alpha value is -0.763. The zero-order chi connectivity index (χ0) is 10.4. The molecule has 0 aliphatic carbocycles. The minimum Gasteiger partial charge on any atom is -0.493 e. The van der Waals surface area contributed by atoms with Gasteiger partial charge in [0, 0.05) is 0 Å². The number of aryl methyl sites for hydroxylation is 1. The van der Waals surface area contributed by atoms with E-state index >= 15 is 0 Å². The molecule has 1 aromatic rings. The predicted molar refractivity (Wildman–Crippen MR) is 72.3 cm³/mol. The van der Waals surface area contributed by atoms with Crippen molar-refractivity contribution < 1.29 is 4.74 Å². The van der Waals surface area contributed by atoms with E-state index in [-0.39, 0.29) is 11.0 Å². The lowest BCUT2D eigenvalue weighted by Gasteiger charge is -2.10. The Balaban J connectivity index is 0.00000196. The Morgan fingerprint density at radius 2 is 1.87 bits per heavy atom. The van der Waals surface area contributed by atoms with Crippen LogP contribution in [0.5, 0.6) is 5.75 Å². The summed E-state index contributed by atoms with van der Waals surface area (Å²) in [5.41, 5.74) is 2.57.